The van der Waals surface area contributed by atoms with Gasteiger partial charge in [-0.3, -0.25) is 4.90 Å². The number of nitrogens with one attached hydrogen (secondary N) is 1. The molecule has 1 amide bonds. The second kappa shape index (κ2) is 9.29. The van der Waals surface area contributed by atoms with Crippen LogP contribution in [-0.4, -0.2) is 79.0 Å². The second-order valence-electron chi connectivity index (χ2n) is 11.9. The van der Waals surface area contributed by atoms with Crippen LogP contribution in [0.25, 0.3) is 0 Å². The first kappa shape index (κ1) is 27.6. The summed E-state index contributed by atoms with van der Waals surface area (Å²) in [6, 6.07) is -1.62. The third kappa shape index (κ3) is 4.90. The van der Waals surface area contributed by atoms with Crippen LogP contribution in [0.4, 0.5) is 18.0 Å². The molecule has 2 heterocycles. The van der Waals surface area contributed by atoms with Gasteiger partial charge in [-0.25, -0.2) is 41.1 Å². The Hall–Kier alpha value is -1.99. The predicted molar refractivity (Wildman–Crippen MR) is 130 cm³/mol. The molecule has 13 heteroatoms. The topological polar surface area (TPSA) is 111 Å². The molecule has 1 aliphatic heterocycles. The molecule has 1 N–H and O–H groups in total. The highest BCUT2D eigenvalue weighted by Crippen LogP contribution is 2.66. The summed E-state index contributed by atoms with van der Waals surface area (Å²) >= 11 is 0. The number of rotatable bonds is 8. The fourth-order valence-electron chi connectivity index (χ4n) is 6.74. The van der Waals surface area contributed by atoms with Gasteiger partial charge in [-0.1, -0.05) is 13.8 Å². The molecule has 0 aromatic carbocycles. The summed E-state index contributed by atoms with van der Waals surface area (Å²) in [5, 5.41) is 0. The van der Waals surface area contributed by atoms with Gasteiger partial charge in [0.25, 0.3) is 5.92 Å². The minimum Gasteiger partial charge on any atom is -0.449 e. The number of hydrogen-bond acceptors (Lipinski definition) is 7. The molecule has 4 fully saturated rings. The maximum atomic E-state index is 13.6. The van der Waals surface area contributed by atoms with Crippen molar-refractivity contribution in [1.29, 1.82) is 0 Å². The van der Waals surface area contributed by atoms with E-state index in [-0.39, 0.29) is 36.5 Å². The maximum Gasteiger partial charge on any atom is 0.410 e. The van der Waals surface area contributed by atoms with Crippen molar-refractivity contribution in [3.63, 3.8) is 0 Å². The lowest BCUT2D eigenvalue weighted by Gasteiger charge is -2.33. The smallest absolute Gasteiger partial charge is 0.410 e. The Morgan fingerprint density at radius 1 is 1.24 bits per heavy atom. The van der Waals surface area contributed by atoms with E-state index < -0.39 is 52.0 Å². The first-order valence-corrected chi connectivity index (χ1v) is 15.0. The predicted octanol–water partition coefficient (Wildman–Crippen LogP) is 3.25. The van der Waals surface area contributed by atoms with E-state index in [1.54, 1.807) is 6.92 Å². The van der Waals surface area contributed by atoms with Crippen LogP contribution >= 0.6 is 0 Å². The molecular weight excluding hydrogens is 525 g/mol. The van der Waals surface area contributed by atoms with E-state index in [1.165, 1.54) is 24.2 Å². The zero-order valence-corrected chi connectivity index (χ0v) is 22.8. The van der Waals surface area contributed by atoms with Crippen molar-refractivity contribution >= 4 is 16.1 Å². The molecule has 2 unspecified atom stereocenters. The van der Waals surface area contributed by atoms with Crippen molar-refractivity contribution in [2.75, 3.05) is 19.5 Å². The van der Waals surface area contributed by atoms with E-state index in [2.05, 4.69) is 21.6 Å². The number of amides is 1. The molecule has 3 saturated carbocycles. The molecule has 3 aliphatic carbocycles. The Morgan fingerprint density at radius 3 is 2.47 bits per heavy atom. The summed E-state index contributed by atoms with van der Waals surface area (Å²) in [6.45, 7) is 4.95. The lowest BCUT2D eigenvalue weighted by molar-refractivity contribution is -0.0171. The number of halogens is 3. The van der Waals surface area contributed by atoms with Gasteiger partial charge in [0, 0.05) is 23.9 Å². The van der Waals surface area contributed by atoms with Gasteiger partial charge < -0.3 is 9.47 Å². The number of nitrogens with zero attached hydrogens (tertiary/aromatic N) is 3. The first-order chi connectivity index (χ1) is 17.7. The molecule has 212 valence electrons. The first-order valence-electron chi connectivity index (χ1n) is 13.1. The van der Waals surface area contributed by atoms with Crippen molar-refractivity contribution in [3.8, 4) is 0 Å². The number of sulfonamides is 1. The van der Waals surface area contributed by atoms with Gasteiger partial charge in [0.2, 0.25) is 10.0 Å². The van der Waals surface area contributed by atoms with E-state index in [4.69, 9.17) is 9.47 Å². The van der Waals surface area contributed by atoms with Gasteiger partial charge in [0.1, 0.15) is 12.4 Å². The highest BCUT2D eigenvalue weighted by molar-refractivity contribution is 7.88. The van der Waals surface area contributed by atoms with Gasteiger partial charge in [-0.2, -0.15) is 0 Å². The summed E-state index contributed by atoms with van der Waals surface area (Å²) in [7, 11) is -3.57. The maximum absolute atomic E-state index is 13.6. The Bertz CT molecular complexity index is 1190. The molecule has 8 atom stereocenters. The third-order valence-corrected chi connectivity index (χ3v) is 9.99. The SMILES string of the molecule is C[C@@H]1C[C@H](NS(C)(=O)=O)[C@H](CO[C@H]2CC[C@]3(c4ncc(F)cn4)C(C2)[C@@H]3C)N1C(=O)OCC1(C)CC1(F)F. The van der Waals surface area contributed by atoms with Crippen molar-refractivity contribution in [3.05, 3.63) is 24.0 Å². The fourth-order valence-corrected chi connectivity index (χ4v) is 7.55. The number of likely N-dealkylation sites (tertiary alicyclic amines) is 1. The van der Waals surface area contributed by atoms with Crippen LogP contribution in [0.15, 0.2) is 12.4 Å². The molecule has 9 nitrogen and oxygen atoms in total. The molecule has 0 spiro atoms. The van der Waals surface area contributed by atoms with Crippen molar-refractivity contribution in [1.82, 2.24) is 19.6 Å². The molecule has 38 heavy (non-hydrogen) atoms. The minimum absolute atomic E-state index is 0.0753. The van der Waals surface area contributed by atoms with Gasteiger partial charge in [0.05, 0.1) is 42.8 Å². The summed E-state index contributed by atoms with van der Waals surface area (Å²) in [5.41, 5.74) is -1.56. The Kier molecular flexibility index (Phi) is 6.74. The minimum atomic E-state index is -3.57. The van der Waals surface area contributed by atoms with Crippen LogP contribution in [0.3, 0.4) is 0 Å². The average molecular weight is 561 g/mol. The van der Waals surface area contributed by atoms with Crippen LogP contribution in [-0.2, 0) is 24.9 Å². The molecule has 0 bridgehead atoms. The normalized spacial score (nSPS) is 39.5. The zero-order chi connectivity index (χ0) is 27.7. The van der Waals surface area contributed by atoms with Crippen molar-refractivity contribution < 1.29 is 35.9 Å². The van der Waals surface area contributed by atoms with Crippen LogP contribution in [0.2, 0.25) is 0 Å². The molecule has 5 rings (SSSR count). The third-order valence-electron chi connectivity index (χ3n) is 9.26. The largest absolute Gasteiger partial charge is 0.449 e. The molecule has 4 aliphatic rings. The van der Waals surface area contributed by atoms with E-state index in [1.807, 2.05) is 0 Å². The number of carbonyl (C=O) groups is 1. The fraction of sp³-hybridized carbons (Fsp3) is 0.800. The summed E-state index contributed by atoms with van der Waals surface area (Å²) in [5.74, 6) is -2.08. The number of aromatic nitrogens is 2. The Balaban J connectivity index is 1.24. The van der Waals surface area contributed by atoms with Crippen LogP contribution in [0, 0.1) is 23.1 Å². The molecular formula is C25H35F3N4O5S. The van der Waals surface area contributed by atoms with Gasteiger partial charge in [-0.15, -0.1) is 0 Å². The van der Waals surface area contributed by atoms with Gasteiger partial charge in [-0.05, 0) is 44.4 Å². The lowest BCUT2D eigenvalue weighted by atomic mass is 9.85. The van der Waals surface area contributed by atoms with Crippen molar-refractivity contribution in [2.45, 2.75) is 88.4 Å². The van der Waals surface area contributed by atoms with E-state index in [0.29, 0.717) is 24.6 Å². The van der Waals surface area contributed by atoms with E-state index in [9.17, 15) is 26.4 Å². The van der Waals surface area contributed by atoms with Crippen molar-refractivity contribution in [2.24, 2.45) is 17.3 Å². The molecule has 1 saturated heterocycles. The Morgan fingerprint density at radius 2 is 1.89 bits per heavy atom. The molecule has 0 radical (unpaired) electrons. The van der Waals surface area contributed by atoms with Crippen LogP contribution < -0.4 is 4.72 Å². The number of hydrogen-bond donors (Lipinski definition) is 1. The molecule has 1 aromatic rings. The molecule has 1 aromatic heterocycles. The average Bonchev–Trinajstić information content (AvgIpc) is 3.54. The number of ether oxygens (including phenoxy) is 2. The zero-order valence-electron chi connectivity index (χ0n) is 22.0. The van der Waals surface area contributed by atoms with Gasteiger partial charge in [0.15, 0.2) is 5.82 Å². The number of alkyl halides is 2. The second-order valence-corrected chi connectivity index (χ2v) is 13.7. The van der Waals surface area contributed by atoms with Crippen LogP contribution in [0.5, 0.6) is 0 Å². The summed E-state index contributed by atoms with van der Waals surface area (Å²) < 4.78 is 78.8. The highest BCUT2D eigenvalue weighted by Gasteiger charge is 2.69. The monoisotopic (exact) mass is 560 g/mol. The summed E-state index contributed by atoms with van der Waals surface area (Å²) in [4.78, 5) is 22.9. The quantitative estimate of drug-likeness (QED) is 0.520. The standard InChI is InChI=1S/C25H35F3N4O5S/c1-14-7-19(31-38(4,34)35)20(32(14)22(33)37-13-23(3)12-25(23,27)28)11-36-17-5-6-24(15(2)18(24)8-17)21-29-9-16(26)10-30-21/h9-10,14-15,17-20,31H,5-8,11-13H2,1-4H3/t14-,15+,17+,18?,19+,20+,23?,24-/m1/s1. The van der Waals surface area contributed by atoms with Gasteiger partial charge >= 0.3 is 6.09 Å². The van der Waals surface area contributed by atoms with E-state index >= 15 is 0 Å². The Labute approximate surface area is 220 Å². The highest BCUT2D eigenvalue weighted by atomic mass is 32.2. The number of fused-ring (bicyclic) bond motifs is 1. The van der Waals surface area contributed by atoms with Crippen LogP contribution in [0.1, 0.15) is 58.7 Å². The van der Waals surface area contributed by atoms with E-state index in [0.717, 1.165) is 19.1 Å². The lowest BCUT2D eigenvalue weighted by Crippen LogP contribution is -2.50. The number of carbonyl (C=O) groups excluding carboxylic acids is 1. The summed E-state index contributed by atoms with van der Waals surface area (Å²) in [6.07, 6.45) is 4.82.